The Morgan fingerprint density at radius 2 is 2.14 bits per heavy atom. The van der Waals surface area contributed by atoms with Gasteiger partial charge in [0.25, 0.3) is 0 Å². The number of likely N-dealkylation sites (N-methyl/N-ethyl adjacent to an activating group) is 1. The van der Waals surface area contributed by atoms with Crippen molar-refractivity contribution < 1.29 is 4.42 Å². The number of rotatable bonds is 2. The third-order valence-electron chi connectivity index (χ3n) is 2.52. The zero-order valence-electron chi connectivity index (χ0n) is 8.44. The average molecular weight is 196 g/mol. The molecule has 14 heavy (non-hydrogen) atoms. The molecule has 1 aromatic rings. The first kappa shape index (κ1) is 9.48. The summed E-state index contributed by atoms with van der Waals surface area (Å²) in [4.78, 5) is 8.72. The van der Waals surface area contributed by atoms with Crippen molar-refractivity contribution in [3.63, 3.8) is 0 Å². The fourth-order valence-corrected chi connectivity index (χ4v) is 1.59. The van der Waals surface area contributed by atoms with E-state index >= 15 is 0 Å². The summed E-state index contributed by atoms with van der Waals surface area (Å²) in [7, 11) is 2.14. The van der Waals surface area contributed by atoms with Gasteiger partial charge in [-0.1, -0.05) is 0 Å². The van der Waals surface area contributed by atoms with E-state index in [2.05, 4.69) is 21.8 Å². The van der Waals surface area contributed by atoms with Gasteiger partial charge >= 0.3 is 0 Å². The number of nitrogens with zero attached hydrogens (tertiary/aromatic N) is 3. The molecular formula is C9H16N4O. The molecule has 1 fully saturated rings. The van der Waals surface area contributed by atoms with Gasteiger partial charge in [0.15, 0.2) is 5.82 Å². The lowest BCUT2D eigenvalue weighted by Gasteiger charge is -2.31. The standard InChI is InChI=1S/C9H16N4O/c1-12-2-4-13(5-3-12)6-9-11-8(10)7-14-9/h7H,2-6,10H2,1H3. The van der Waals surface area contributed by atoms with Gasteiger partial charge in [-0.25, -0.2) is 0 Å². The van der Waals surface area contributed by atoms with Crippen molar-refractivity contribution in [1.82, 2.24) is 14.8 Å². The Balaban J connectivity index is 1.86. The Labute approximate surface area is 83.5 Å². The number of nitrogen functional groups attached to an aromatic ring is 1. The molecule has 78 valence electrons. The van der Waals surface area contributed by atoms with Crippen molar-refractivity contribution in [2.24, 2.45) is 0 Å². The lowest BCUT2D eigenvalue weighted by atomic mass is 10.3. The lowest BCUT2D eigenvalue weighted by Crippen LogP contribution is -2.43. The maximum Gasteiger partial charge on any atom is 0.210 e. The van der Waals surface area contributed by atoms with E-state index in [1.165, 1.54) is 6.26 Å². The van der Waals surface area contributed by atoms with Crippen molar-refractivity contribution in [3.8, 4) is 0 Å². The number of nitrogens with two attached hydrogens (primary N) is 1. The van der Waals surface area contributed by atoms with Crippen LogP contribution in [0, 0.1) is 0 Å². The van der Waals surface area contributed by atoms with E-state index < -0.39 is 0 Å². The van der Waals surface area contributed by atoms with Gasteiger partial charge in [-0.05, 0) is 7.05 Å². The van der Waals surface area contributed by atoms with E-state index in [4.69, 9.17) is 10.2 Å². The number of hydrogen-bond donors (Lipinski definition) is 1. The second kappa shape index (κ2) is 3.98. The van der Waals surface area contributed by atoms with Gasteiger partial charge in [-0.3, -0.25) is 4.90 Å². The first-order chi connectivity index (χ1) is 6.74. The van der Waals surface area contributed by atoms with Crippen LogP contribution in [0.1, 0.15) is 5.89 Å². The molecule has 1 aliphatic rings. The van der Waals surface area contributed by atoms with Crippen LogP contribution in [0.25, 0.3) is 0 Å². The molecule has 2 heterocycles. The average Bonchev–Trinajstić information content (AvgIpc) is 2.56. The van der Waals surface area contributed by atoms with Crippen LogP contribution in [0.5, 0.6) is 0 Å². The summed E-state index contributed by atoms with van der Waals surface area (Å²) in [6.07, 6.45) is 1.49. The smallest absolute Gasteiger partial charge is 0.210 e. The van der Waals surface area contributed by atoms with Gasteiger partial charge in [0, 0.05) is 26.2 Å². The summed E-state index contributed by atoms with van der Waals surface area (Å²) in [6, 6.07) is 0. The largest absolute Gasteiger partial charge is 0.445 e. The molecule has 1 saturated heterocycles. The van der Waals surface area contributed by atoms with Crippen LogP contribution in [0.2, 0.25) is 0 Å². The molecule has 1 aromatic heterocycles. The summed E-state index contributed by atoms with van der Waals surface area (Å²) < 4.78 is 5.20. The number of piperazine rings is 1. The quantitative estimate of drug-likeness (QED) is 0.721. The van der Waals surface area contributed by atoms with E-state index in [0.717, 1.165) is 32.7 Å². The predicted octanol–water partition coefficient (Wildman–Crippen LogP) is 0.00420. The molecule has 2 N–H and O–H groups in total. The van der Waals surface area contributed by atoms with E-state index in [0.29, 0.717) is 11.7 Å². The maximum absolute atomic E-state index is 5.47. The normalized spacial score (nSPS) is 20.1. The van der Waals surface area contributed by atoms with E-state index in [9.17, 15) is 0 Å². The minimum absolute atomic E-state index is 0.467. The van der Waals surface area contributed by atoms with Crippen LogP contribution in [0.3, 0.4) is 0 Å². The first-order valence-electron chi connectivity index (χ1n) is 4.85. The van der Waals surface area contributed by atoms with E-state index in [1.54, 1.807) is 0 Å². The first-order valence-corrected chi connectivity index (χ1v) is 4.85. The third-order valence-corrected chi connectivity index (χ3v) is 2.52. The molecule has 0 atom stereocenters. The minimum atomic E-state index is 0.467. The number of hydrogen-bond acceptors (Lipinski definition) is 5. The molecule has 0 saturated carbocycles. The number of oxazole rings is 1. The molecule has 1 aliphatic heterocycles. The van der Waals surface area contributed by atoms with Gasteiger partial charge in [0.1, 0.15) is 6.26 Å². The summed E-state index contributed by atoms with van der Waals surface area (Å²) in [5.41, 5.74) is 5.47. The Morgan fingerprint density at radius 1 is 1.43 bits per heavy atom. The van der Waals surface area contributed by atoms with Crippen LogP contribution in [0.4, 0.5) is 5.82 Å². The molecule has 0 unspecified atom stereocenters. The Kier molecular flexibility index (Phi) is 2.69. The molecule has 0 bridgehead atoms. The van der Waals surface area contributed by atoms with E-state index in [1.807, 2.05) is 0 Å². The summed E-state index contributed by atoms with van der Waals surface area (Å²) in [5, 5.41) is 0. The lowest BCUT2D eigenvalue weighted by molar-refractivity contribution is 0.138. The molecule has 5 heteroatoms. The highest BCUT2D eigenvalue weighted by atomic mass is 16.3. The van der Waals surface area contributed by atoms with Crippen LogP contribution < -0.4 is 5.73 Å². The predicted molar refractivity (Wildman–Crippen MR) is 53.7 cm³/mol. The Hall–Kier alpha value is -1.07. The molecule has 0 aliphatic carbocycles. The Morgan fingerprint density at radius 3 is 2.71 bits per heavy atom. The molecule has 0 aromatic carbocycles. The van der Waals surface area contributed by atoms with Gasteiger partial charge in [-0.2, -0.15) is 4.98 Å². The zero-order chi connectivity index (χ0) is 9.97. The maximum atomic E-state index is 5.47. The fourth-order valence-electron chi connectivity index (χ4n) is 1.59. The molecule has 5 nitrogen and oxygen atoms in total. The van der Waals surface area contributed by atoms with Crippen LogP contribution in [-0.4, -0.2) is 48.0 Å². The molecule has 0 spiro atoms. The highest BCUT2D eigenvalue weighted by Gasteiger charge is 2.15. The third kappa shape index (κ3) is 2.24. The highest BCUT2D eigenvalue weighted by molar-refractivity contribution is 5.21. The second-order valence-electron chi connectivity index (χ2n) is 3.75. The molecule has 0 amide bonds. The van der Waals surface area contributed by atoms with Gasteiger partial charge < -0.3 is 15.1 Å². The summed E-state index contributed by atoms with van der Waals surface area (Å²) >= 11 is 0. The Bertz CT molecular complexity index is 291. The van der Waals surface area contributed by atoms with Crippen molar-refractivity contribution in [3.05, 3.63) is 12.2 Å². The number of aromatic nitrogens is 1. The summed E-state index contributed by atoms with van der Waals surface area (Å²) in [5.74, 6) is 1.18. The number of anilines is 1. The van der Waals surface area contributed by atoms with Crippen LogP contribution in [-0.2, 0) is 6.54 Å². The van der Waals surface area contributed by atoms with Gasteiger partial charge in [0.05, 0.1) is 6.54 Å². The van der Waals surface area contributed by atoms with Crippen molar-refractivity contribution in [2.75, 3.05) is 39.0 Å². The minimum Gasteiger partial charge on any atom is -0.445 e. The zero-order valence-corrected chi connectivity index (χ0v) is 8.44. The van der Waals surface area contributed by atoms with Crippen molar-refractivity contribution >= 4 is 5.82 Å². The van der Waals surface area contributed by atoms with Gasteiger partial charge in [0.2, 0.25) is 5.89 Å². The van der Waals surface area contributed by atoms with Gasteiger partial charge in [-0.15, -0.1) is 0 Å². The van der Waals surface area contributed by atoms with Crippen LogP contribution >= 0.6 is 0 Å². The monoisotopic (exact) mass is 196 g/mol. The molecule has 0 radical (unpaired) electrons. The molecular weight excluding hydrogens is 180 g/mol. The van der Waals surface area contributed by atoms with Crippen molar-refractivity contribution in [2.45, 2.75) is 6.54 Å². The summed E-state index contributed by atoms with van der Waals surface area (Å²) in [6.45, 7) is 5.12. The fraction of sp³-hybridized carbons (Fsp3) is 0.667. The van der Waals surface area contributed by atoms with Crippen molar-refractivity contribution in [1.29, 1.82) is 0 Å². The SMILES string of the molecule is CN1CCN(Cc2nc(N)co2)CC1. The molecule has 2 rings (SSSR count). The topological polar surface area (TPSA) is 58.5 Å². The van der Waals surface area contributed by atoms with E-state index in [-0.39, 0.29) is 0 Å². The van der Waals surface area contributed by atoms with Crippen LogP contribution in [0.15, 0.2) is 10.7 Å². The second-order valence-corrected chi connectivity index (χ2v) is 3.75. The highest BCUT2D eigenvalue weighted by Crippen LogP contribution is 2.08.